The molecule has 0 bridgehead atoms. The van der Waals surface area contributed by atoms with Gasteiger partial charge < -0.3 is 20.9 Å². The van der Waals surface area contributed by atoms with Crippen molar-refractivity contribution in [2.24, 2.45) is 23.0 Å². The molecule has 166 valence electrons. The third-order valence-corrected chi connectivity index (χ3v) is 8.44. The second-order valence-corrected chi connectivity index (χ2v) is 10.1. The minimum Gasteiger partial charge on any atom is -0.423 e. The zero-order valence-electron chi connectivity index (χ0n) is 18.4. The molecule has 6 heteroatoms. The molecule has 2 aromatic rings. The largest absolute Gasteiger partial charge is 0.488 e. The van der Waals surface area contributed by atoms with Gasteiger partial charge in [-0.3, -0.25) is 4.79 Å². The highest BCUT2D eigenvalue weighted by atomic mass is 16.4. The van der Waals surface area contributed by atoms with Crippen LogP contribution in [0.15, 0.2) is 48.0 Å². The van der Waals surface area contributed by atoms with Gasteiger partial charge in [0.25, 0.3) is 0 Å². The smallest absolute Gasteiger partial charge is 0.423 e. The molecule has 0 aliphatic heterocycles. The third kappa shape index (κ3) is 3.42. The summed E-state index contributed by atoms with van der Waals surface area (Å²) in [5.41, 5.74) is 10.8. The molecule has 0 heterocycles. The van der Waals surface area contributed by atoms with Crippen molar-refractivity contribution in [2.45, 2.75) is 51.0 Å². The fraction of sp³-hybridized carbons (Fsp3) is 0.423. The summed E-state index contributed by atoms with van der Waals surface area (Å²) in [5.74, 6) is 0.909. The van der Waals surface area contributed by atoms with Gasteiger partial charge in [-0.2, -0.15) is 0 Å². The van der Waals surface area contributed by atoms with Crippen LogP contribution in [-0.2, 0) is 6.42 Å². The molecular weight excluding hydrogens is 401 g/mol. The highest BCUT2D eigenvalue weighted by molar-refractivity contribution is 6.58. The predicted molar refractivity (Wildman–Crippen MR) is 125 cm³/mol. The van der Waals surface area contributed by atoms with E-state index in [1.807, 2.05) is 30.3 Å². The van der Waals surface area contributed by atoms with Crippen LogP contribution in [0.2, 0.25) is 0 Å². The van der Waals surface area contributed by atoms with Crippen LogP contribution in [0.1, 0.15) is 65.6 Å². The van der Waals surface area contributed by atoms with Gasteiger partial charge in [0.2, 0.25) is 5.91 Å². The van der Waals surface area contributed by atoms with Crippen molar-refractivity contribution in [3.63, 3.8) is 0 Å². The number of primary amides is 1. The second-order valence-electron chi connectivity index (χ2n) is 10.1. The molecule has 32 heavy (non-hydrogen) atoms. The van der Waals surface area contributed by atoms with Crippen LogP contribution in [-0.4, -0.2) is 34.3 Å². The summed E-state index contributed by atoms with van der Waals surface area (Å²) >= 11 is 0. The molecule has 0 spiro atoms. The monoisotopic (exact) mass is 431 g/mol. The van der Waals surface area contributed by atoms with Crippen molar-refractivity contribution in [3.8, 4) is 0 Å². The summed E-state index contributed by atoms with van der Waals surface area (Å²) in [5, 5.41) is 30.4. The summed E-state index contributed by atoms with van der Waals surface area (Å²) in [4.78, 5) is 11.6. The Morgan fingerprint density at radius 3 is 2.75 bits per heavy atom. The van der Waals surface area contributed by atoms with Crippen molar-refractivity contribution in [1.29, 1.82) is 0 Å². The number of carbonyl (C=O) groups excluding carboxylic acids is 1. The Morgan fingerprint density at radius 1 is 1.19 bits per heavy atom. The van der Waals surface area contributed by atoms with Gasteiger partial charge in [0.1, 0.15) is 0 Å². The van der Waals surface area contributed by atoms with Gasteiger partial charge in [-0.05, 0) is 89.7 Å². The zero-order valence-corrected chi connectivity index (χ0v) is 18.4. The number of hydrogen-bond donors (Lipinski definition) is 4. The maximum absolute atomic E-state index is 11.6. The van der Waals surface area contributed by atoms with E-state index in [-0.39, 0.29) is 5.41 Å². The summed E-state index contributed by atoms with van der Waals surface area (Å²) in [6.07, 6.45) is 6.40. The van der Waals surface area contributed by atoms with Gasteiger partial charge in [-0.15, -0.1) is 0 Å². The standard InChI is InChI=1S/C26H30BNO4/c1-26-10-9-21-20-8-6-19(27(31)32)13-16(20)5-7-22(21)23(26)14-18(24(26)29)12-15-3-2-4-17(11-15)25(28)30/h2-4,6,8,11-13,21-24,29,31-32H,5,7,9-10,14H2,1H3,(H2,28,30)/b18-12+. The number of rotatable bonds is 3. The number of hydrogen-bond acceptors (Lipinski definition) is 4. The van der Waals surface area contributed by atoms with E-state index in [0.29, 0.717) is 28.8 Å². The SMILES string of the molecule is CC12CCC3c4ccc(B(O)O)cc4CCC3C1C/C(=C\c1cccc(C(N)=O)c1)C2O. The van der Waals surface area contributed by atoms with Crippen LogP contribution in [0.3, 0.4) is 0 Å². The minimum absolute atomic E-state index is 0.146. The number of aliphatic hydroxyl groups is 1. The van der Waals surface area contributed by atoms with Crippen molar-refractivity contribution in [1.82, 2.24) is 0 Å². The van der Waals surface area contributed by atoms with E-state index in [1.165, 1.54) is 11.1 Å². The van der Waals surface area contributed by atoms with E-state index in [1.54, 1.807) is 12.1 Å². The molecule has 5 nitrogen and oxygen atoms in total. The van der Waals surface area contributed by atoms with Crippen molar-refractivity contribution in [3.05, 3.63) is 70.3 Å². The molecule has 0 aromatic heterocycles. The number of aryl methyl sites for hydroxylation is 1. The van der Waals surface area contributed by atoms with Crippen LogP contribution in [0.5, 0.6) is 0 Å². The predicted octanol–water partition coefficient (Wildman–Crippen LogP) is 2.38. The number of fused-ring (bicyclic) bond motifs is 5. The molecular formula is C26H30BNO4. The fourth-order valence-electron chi connectivity index (χ4n) is 6.76. The number of nitrogens with two attached hydrogens (primary N) is 1. The lowest BCUT2D eigenvalue weighted by atomic mass is 9.55. The number of aliphatic hydroxyl groups excluding tert-OH is 1. The zero-order chi connectivity index (χ0) is 22.6. The van der Waals surface area contributed by atoms with Gasteiger partial charge in [0.05, 0.1) is 6.10 Å². The topological polar surface area (TPSA) is 104 Å². The number of carbonyl (C=O) groups is 1. The first-order chi connectivity index (χ1) is 15.3. The molecule has 5 atom stereocenters. The fourth-order valence-corrected chi connectivity index (χ4v) is 6.76. The molecule has 2 aromatic carbocycles. The molecule has 5 unspecified atom stereocenters. The number of benzene rings is 2. The normalized spacial score (nSPS) is 32.2. The van der Waals surface area contributed by atoms with Gasteiger partial charge in [0, 0.05) is 11.0 Å². The van der Waals surface area contributed by atoms with Crippen LogP contribution >= 0.6 is 0 Å². The van der Waals surface area contributed by atoms with Crippen LogP contribution < -0.4 is 11.2 Å². The maximum Gasteiger partial charge on any atom is 0.488 e. The molecule has 3 aliphatic rings. The van der Waals surface area contributed by atoms with E-state index in [0.717, 1.165) is 43.2 Å². The average molecular weight is 431 g/mol. The summed E-state index contributed by atoms with van der Waals surface area (Å²) < 4.78 is 0. The molecule has 1 amide bonds. The van der Waals surface area contributed by atoms with Crippen LogP contribution in [0, 0.1) is 17.3 Å². The first kappa shape index (κ1) is 21.4. The molecule has 5 N–H and O–H groups in total. The van der Waals surface area contributed by atoms with Gasteiger partial charge in [-0.25, -0.2) is 0 Å². The van der Waals surface area contributed by atoms with E-state index >= 15 is 0 Å². The molecule has 0 radical (unpaired) electrons. The average Bonchev–Trinajstić information content (AvgIpc) is 3.03. The lowest BCUT2D eigenvalue weighted by Crippen LogP contribution is -2.44. The van der Waals surface area contributed by atoms with Crippen LogP contribution in [0.25, 0.3) is 6.08 Å². The highest BCUT2D eigenvalue weighted by Gasteiger charge is 2.56. The van der Waals surface area contributed by atoms with E-state index in [2.05, 4.69) is 13.0 Å². The molecule has 2 saturated carbocycles. The van der Waals surface area contributed by atoms with E-state index in [9.17, 15) is 19.9 Å². The maximum atomic E-state index is 11.6. The van der Waals surface area contributed by atoms with Gasteiger partial charge in [0.15, 0.2) is 0 Å². The molecule has 0 saturated heterocycles. The Hall–Kier alpha value is -2.41. The van der Waals surface area contributed by atoms with Gasteiger partial charge >= 0.3 is 7.12 Å². The van der Waals surface area contributed by atoms with Crippen molar-refractivity contribution >= 4 is 24.6 Å². The Bertz CT molecular complexity index is 1100. The third-order valence-electron chi connectivity index (χ3n) is 8.44. The van der Waals surface area contributed by atoms with Crippen molar-refractivity contribution in [2.75, 3.05) is 0 Å². The van der Waals surface area contributed by atoms with E-state index < -0.39 is 19.1 Å². The molecule has 5 rings (SSSR count). The lowest BCUT2D eigenvalue weighted by Gasteiger charge is -2.49. The Morgan fingerprint density at radius 2 is 2.00 bits per heavy atom. The summed E-state index contributed by atoms with van der Waals surface area (Å²) in [6, 6.07) is 13.1. The second kappa shape index (κ2) is 7.87. The molecule has 2 fully saturated rings. The van der Waals surface area contributed by atoms with Gasteiger partial charge in [-0.1, -0.05) is 43.3 Å². The quantitative estimate of drug-likeness (QED) is 0.561. The summed E-state index contributed by atoms with van der Waals surface area (Å²) in [7, 11) is -1.43. The molecule has 3 aliphatic carbocycles. The lowest BCUT2D eigenvalue weighted by molar-refractivity contribution is -0.0158. The minimum atomic E-state index is -1.43. The Balaban J connectivity index is 1.45. The Kier molecular flexibility index (Phi) is 5.27. The number of amides is 1. The first-order valence-corrected chi connectivity index (χ1v) is 11.5. The van der Waals surface area contributed by atoms with Crippen molar-refractivity contribution < 1.29 is 19.9 Å². The first-order valence-electron chi connectivity index (χ1n) is 11.5. The van der Waals surface area contributed by atoms with E-state index in [4.69, 9.17) is 5.73 Å². The highest BCUT2D eigenvalue weighted by Crippen LogP contribution is 2.62. The van der Waals surface area contributed by atoms with Crippen LogP contribution in [0.4, 0.5) is 0 Å². The summed E-state index contributed by atoms with van der Waals surface area (Å²) in [6.45, 7) is 2.24. The Labute approximate surface area is 189 Å².